The zero-order chi connectivity index (χ0) is 11.6. The van der Waals surface area contributed by atoms with Gasteiger partial charge in [0.15, 0.2) is 5.79 Å². The average Bonchev–Trinajstić information content (AvgIpc) is 2.74. The van der Waals surface area contributed by atoms with Gasteiger partial charge in [0.2, 0.25) is 0 Å². The Kier molecular flexibility index (Phi) is 3.28. The summed E-state index contributed by atoms with van der Waals surface area (Å²) in [5, 5.41) is 3.34. The van der Waals surface area contributed by atoms with Crippen molar-refractivity contribution in [2.45, 2.75) is 32.3 Å². The summed E-state index contributed by atoms with van der Waals surface area (Å²) in [4.78, 5) is 4.06. The normalized spacial score (nSPS) is 23.8. The number of rotatable bonds is 4. The lowest BCUT2D eigenvalue weighted by Crippen LogP contribution is -2.30. The van der Waals surface area contributed by atoms with Gasteiger partial charge in [0.25, 0.3) is 0 Å². The molecule has 16 heavy (non-hydrogen) atoms. The largest absolute Gasteiger partial charge is 0.348 e. The van der Waals surface area contributed by atoms with Crippen molar-refractivity contribution >= 4 is 0 Å². The Labute approximate surface area is 95.8 Å². The van der Waals surface area contributed by atoms with Crippen LogP contribution in [0.2, 0.25) is 0 Å². The van der Waals surface area contributed by atoms with Gasteiger partial charge in [-0.05, 0) is 13.8 Å². The maximum atomic E-state index is 5.69. The first-order valence-electron chi connectivity index (χ1n) is 5.54. The van der Waals surface area contributed by atoms with E-state index in [4.69, 9.17) is 9.47 Å². The van der Waals surface area contributed by atoms with Crippen LogP contribution in [0.5, 0.6) is 0 Å². The molecule has 90 valence electrons. The first-order valence-corrected chi connectivity index (χ1v) is 5.54. The summed E-state index contributed by atoms with van der Waals surface area (Å²) in [7, 11) is 1.99. The lowest BCUT2D eigenvalue weighted by molar-refractivity contribution is -0.137. The summed E-state index contributed by atoms with van der Waals surface area (Å²) in [5.41, 5.74) is 1.16. The Morgan fingerprint density at radius 1 is 1.62 bits per heavy atom. The van der Waals surface area contributed by atoms with Crippen molar-refractivity contribution in [2.75, 3.05) is 13.2 Å². The Balaban J connectivity index is 1.71. The molecule has 5 heteroatoms. The van der Waals surface area contributed by atoms with E-state index < -0.39 is 5.79 Å². The van der Waals surface area contributed by atoms with E-state index in [0.717, 1.165) is 18.8 Å². The van der Waals surface area contributed by atoms with E-state index in [-0.39, 0.29) is 6.10 Å². The summed E-state index contributed by atoms with van der Waals surface area (Å²) in [6.45, 7) is 6.14. The molecule has 0 spiro atoms. The van der Waals surface area contributed by atoms with Crippen molar-refractivity contribution < 1.29 is 9.47 Å². The number of aromatic nitrogens is 2. The van der Waals surface area contributed by atoms with Crippen molar-refractivity contribution in [3.63, 3.8) is 0 Å². The zero-order valence-electron chi connectivity index (χ0n) is 10.1. The number of nitrogens with one attached hydrogen (secondary N) is 1. The molecular weight excluding hydrogens is 206 g/mol. The number of aryl methyl sites for hydroxylation is 1. The molecular formula is C11H19N3O2. The highest BCUT2D eigenvalue weighted by Gasteiger charge is 2.32. The number of nitrogens with zero attached hydrogens (tertiary/aromatic N) is 2. The molecule has 0 bridgehead atoms. The van der Waals surface area contributed by atoms with Crippen molar-refractivity contribution in [3.8, 4) is 0 Å². The molecule has 1 saturated heterocycles. The standard InChI is InChI=1S/C11H19N3O2/c1-11(2)15-7-10(16-11)6-12-4-9-5-13-8-14(9)3/h5,8,10,12H,4,6-7H2,1-3H3. The van der Waals surface area contributed by atoms with E-state index in [0.29, 0.717) is 6.61 Å². The van der Waals surface area contributed by atoms with Crippen LogP contribution in [-0.2, 0) is 23.1 Å². The lowest BCUT2D eigenvalue weighted by Gasteiger charge is -2.17. The van der Waals surface area contributed by atoms with E-state index in [9.17, 15) is 0 Å². The van der Waals surface area contributed by atoms with E-state index in [1.54, 1.807) is 6.33 Å². The molecule has 1 aromatic rings. The van der Waals surface area contributed by atoms with Gasteiger partial charge >= 0.3 is 0 Å². The van der Waals surface area contributed by atoms with Crippen LogP contribution in [0.1, 0.15) is 19.5 Å². The zero-order valence-corrected chi connectivity index (χ0v) is 10.1. The van der Waals surface area contributed by atoms with Gasteiger partial charge in [0.05, 0.1) is 24.7 Å². The van der Waals surface area contributed by atoms with Gasteiger partial charge in [-0.1, -0.05) is 0 Å². The summed E-state index contributed by atoms with van der Waals surface area (Å²) >= 11 is 0. The quantitative estimate of drug-likeness (QED) is 0.818. The highest BCUT2D eigenvalue weighted by atomic mass is 16.7. The molecule has 0 aromatic carbocycles. The predicted molar refractivity (Wildman–Crippen MR) is 59.8 cm³/mol. The number of hydrogen-bond donors (Lipinski definition) is 1. The topological polar surface area (TPSA) is 48.3 Å². The second-order valence-corrected chi connectivity index (χ2v) is 4.58. The van der Waals surface area contributed by atoms with Crippen LogP contribution in [0.3, 0.4) is 0 Å². The summed E-state index contributed by atoms with van der Waals surface area (Å²) in [5.74, 6) is -0.432. The monoisotopic (exact) mass is 225 g/mol. The van der Waals surface area contributed by atoms with Crippen molar-refractivity contribution in [2.24, 2.45) is 7.05 Å². The average molecular weight is 225 g/mol. The molecule has 1 aliphatic rings. The minimum absolute atomic E-state index is 0.142. The summed E-state index contributed by atoms with van der Waals surface area (Å²) in [6, 6.07) is 0. The molecule has 1 aliphatic heterocycles. The molecule has 5 nitrogen and oxygen atoms in total. The molecule has 1 unspecified atom stereocenters. The Bertz CT molecular complexity index is 349. The molecule has 1 fully saturated rings. The van der Waals surface area contributed by atoms with Crippen LogP contribution in [0.25, 0.3) is 0 Å². The van der Waals surface area contributed by atoms with Crippen molar-refractivity contribution in [1.82, 2.24) is 14.9 Å². The Morgan fingerprint density at radius 2 is 2.44 bits per heavy atom. The van der Waals surface area contributed by atoms with Crippen LogP contribution < -0.4 is 5.32 Å². The van der Waals surface area contributed by atoms with Crippen LogP contribution in [-0.4, -0.2) is 34.6 Å². The third-order valence-electron chi connectivity index (χ3n) is 2.66. The summed E-state index contributed by atoms with van der Waals surface area (Å²) < 4.78 is 13.2. The van der Waals surface area contributed by atoms with E-state index in [1.165, 1.54) is 0 Å². The van der Waals surface area contributed by atoms with Crippen LogP contribution in [0.4, 0.5) is 0 Å². The molecule has 0 saturated carbocycles. The van der Waals surface area contributed by atoms with Crippen molar-refractivity contribution in [1.29, 1.82) is 0 Å². The SMILES string of the molecule is Cn1cncc1CNCC1COC(C)(C)O1. The van der Waals surface area contributed by atoms with Gasteiger partial charge in [0, 0.05) is 26.3 Å². The number of hydrogen-bond acceptors (Lipinski definition) is 4. The molecule has 2 rings (SSSR count). The smallest absolute Gasteiger partial charge is 0.163 e. The van der Waals surface area contributed by atoms with Crippen LogP contribution in [0, 0.1) is 0 Å². The van der Waals surface area contributed by atoms with E-state index in [2.05, 4.69) is 10.3 Å². The Hall–Kier alpha value is -0.910. The van der Waals surface area contributed by atoms with Gasteiger partial charge < -0.3 is 19.4 Å². The fourth-order valence-corrected chi connectivity index (χ4v) is 1.78. The Morgan fingerprint density at radius 3 is 3.00 bits per heavy atom. The minimum atomic E-state index is -0.432. The van der Waals surface area contributed by atoms with Gasteiger partial charge in [-0.15, -0.1) is 0 Å². The molecule has 0 aliphatic carbocycles. The number of imidazole rings is 1. The van der Waals surface area contributed by atoms with Gasteiger partial charge in [-0.25, -0.2) is 4.98 Å². The molecule has 0 amide bonds. The number of ether oxygens (including phenoxy) is 2. The minimum Gasteiger partial charge on any atom is -0.348 e. The summed E-state index contributed by atoms with van der Waals surface area (Å²) in [6.07, 6.45) is 3.81. The van der Waals surface area contributed by atoms with Gasteiger partial charge in [0.1, 0.15) is 0 Å². The van der Waals surface area contributed by atoms with E-state index >= 15 is 0 Å². The van der Waals surface area contributed by atoms with Crippen molar-refractivity contribution in [3.05, 3.63) is 18.2 Å². The third-order valence-corrected chi connectivity index (χ3v) is 2.66. The molecule has 1 aromatic heterocycles. The van der Waals surface area contributed by atoms with Gasteiger partial charge in [-0.2, -0.15) is 0 Å². The van der Waals surface area contributed by atoms with Crippen LogP contribution in [0.15, 0.2) is 12.5 Å². The molecule has 2 heterocycles. The maximum Gasteiger partial charge on any atom is 0.163 e. The first kappa shape index (κ1) is 11.6. The van der Waals surface area contributed by atoms with E-state index in [1.807, 2.05) is 31.7 Å². The highest BCUT2D eigenvalue weighted by molar-refractivity contribution is 4.96. The lowest BCUT2D eigenvalue weighted by atomic mass is 10.3. The molecule has 0 radical (unpaired) electrons. The van der Waals surface area contributed by atoms with Crippen LogP contribution >= 0.6 is 0 Å². The highest BCUT2D eigenvalue weighted by Crippen LogP contribution is 2.21. The molecule has 1 atom stereocenters. The molecule has 1 N–H and O–H groups in total. The third kappa shape index (κ3) is 2.81. The fourth-order valence-electron chi connectivity index (χ4n) is 1.78. The predicted octanol–water partition coefficient (Wildman–Crippen LogP) is 0.661. The second-order valence-electron chi connectivity index (χ2n) is 4.58. The first-order chi connectivity index (χ1) is 7.57. The maximum absolute atomic E-state index is 5.69. The van der Waals surface area contributed by atoms with Gasteiger partial charge in [-0.3, -0.25) is 0 Å². The fraction of sp³-hybridized carbons (Fsp3) is 0.727. The second kappa shape index (κ2) is 4.53.